The van der Waals surface area contributed by atoms with Crippen LogP contribution < -0.4 is 4.74 Å². The zero-order chi connectivity index (χ0) is 22.9. The second-order valence-electron chi connectivity index (χ2n) is 8.00. The van der Waals surface area contributed by atoms with E-state index < -0.39 is 17.8 Å². The smallest absolute Gasteiger partial charge is 0.435 e. The zero-order valence-corrected chi connectivity index (χ0v) is 18.2. The van der Waals surface area contributed by atoms with Gasteiger partial charge in [-0.3, -0.25) is 9.79 Å². The molecule has 2 aliphatic heterocycles. The molecule has 0 saturated carbocycles. The number of carbonyl (C=O) groups is 1. The molecule has 32 heavy (non-hydrogen) atoms. The molecule has 0 atom stereocenters. The maximum absolute atomic E-state index is 13.6. The Labute approximate surface area is 184 Å². The molecule has 1 aromatic carbocycles. The lowest BCUT2D eigenvalue weighted by atomic mass is 10.0. The van der Waals surface area contributed by atoms with Gasteiger partial charge < -0.3 is 14.5 Å². The van der Waals surface area contributed by atoms with Crippen molar-refractivity contribution >= 4 is 11.7 Å². The van der Waals surface area contributed by atoms with E-state index in [9.17, 15) is 18.0 Å². The Bertz CT molecular complexity index is 1010. The van der Waals surface area contributed by atoms with Crippen LogP contribution in [0.15, 0.2) is 29.3 Å². The van der Waals surface area contributed by atoms with Crippen LogP contribution in [-0.2, 0) is 12.6 Å². The fourth-order valence-corrected chi connectivity index (χ4v) is 4.19. The minimum atomic E-state index is -4.63. The summed E-state index contributed by atoms with van der Waals surface area (Å²) in [6.07, 6.45) is -2.03. The number of hydrogen-bond donors (Lipinski definition) is 0. The molecule has 0 saturated heterocycles. The first-order valence-corrected chi connectivity index (χ1v) is 10.7. The average molecular weight is 449 g/mol. The predicted octanol–water partition coefficient (Wildman–Crippen LogP) is 3.41. The van der Waals surface area contributed by atoms with Crippen LogP contribution >= 0.6 is 0 Å². The van der Waals surface area contributed by atoms with Crippen LogP contribution in [0.4, 0.5) is 13.2 Å². The van der Waals surface area contributed by atoms with E-state index in [1.807, 2.05) is 7.05 Å². The van der Waals surface area contributed by atoms with Gasteiger partial charge in [0.2, 0.25) is 0 Å². The number of halogens is 3. The highest BCUT2D eigenvalue weighted by Crippen LogP contribution is 2.36. The number of hydrogen-bond acceptors (Lipinski definition) is 5. The third kappa shape index (κ3) is 4.31. The lowest BCUT2D eigenvalue weighted by molar-refractivity contribution is -0.142. The topological polar surface area (TPSA) is 63.0 Å². The van der Waals surface area contributed by atoms with E-state index in [-0.39, 0.29) is 24.2 Å². The number of carbonyl (C=O) groups excluding carboxylic acids is 1. The number of methoxy groups -OCH3 is 1. The summed E-state index contributed by atoms with van der Waals surface area (Å²) in [5.41, 5.74) is -0.640. The Morgan fingerprint density at radius 3 is 2.50 bits per heavy atom. The third-order valence-electron chi connectivity index (χ3n) is 5.94. The summed E-state index contributed by atoms with van der Waals surface area (Å²) < 4.78 is 47.2. The second-order valence-corrected chi connectivity index (χ2v) is 8.00. The van der Waals surface area contributed by atoms with Gasteiger partial charge in [-0.05, 0) is 43.5 Å². The van der Waals surface area contributed by atoms with Crippen molar-refractivity contribution in [1.82, 2.24) is 19.6 Å². The van der Waals surface area contributed by atoms with Crippen LogP contribution in [0.25, 0.3) is 5.69 Å². The Balaban J connectivity index is 1.54. The van der Waals surface area contributed by atoms with Crippen molar-refractivity contribution in [2.45, 2.75) is 31.9 Å². The Hall–Kier alpha value is -3.04. The van der Waals surface area contributed by atoms with Crippen molar-refractivity contribution < 1.29 is 22.7 Å². The number of ether oxygens (including phenoxy) is 1. The summed E-state index contributed by atoms with van der Waals surface area (Å²) in [5, 5.41) is 3.81. The molecule has 0 radical (unpaired) electrons. The SMILES string of the molecule is COc1ccc(-n2nc(C(F)(F)F)c3c2C(=O)N(CCCCC2=NCCN2C)CC3)cc1. The van der Waals surface area contributed by atoms with Crippen LogP contribution in [0.2, 0.25) is 0 Å². The van der Waals surface area contributed by atoms with E-state index in [1.54, 1.807) is 29.2 Å². The molecule has 10 heteroatoms. The highest BCUT2D eigenvalue weighted by atomic mass is 19.4. The molecular formula is C22H26F3N5O2. The molecule has 0 spiro atoms. The van der Waals surface area contributed by atoms with Crippen LogP contribution in [0.5, 0.6) is 5.75 Å². The first-order valence-electron chi connectivity index (χ1n) is 10.7. The van der Waals surface area contributed by atoms with Gasteiger partial charge in [0.05, 0.1) is 25.2 Å². The molecule has 0 unspecified atom stereocenters. The first-order chi connectivity index (χ1) is 15.3. The minimum absolute atomic E-state index is 0.00589. The first kappa shape index (κ1) is 22.2. The highest BCUT2D eigenvalue weighted by molar-refractivity contribution is 5.96. The fraction of sp³-hybridized carbons (Fsp3) is 0.500. The Morgan fingerprint density at radius 1 is 1.12 bits per heavy atom. The summed E-state index contributed by atoms with van der Waals surface area (Å²) >= 11 is 0. The largest absolute Gasteiger partial charge is 0.497 e. The lowest BCUT2D eigenvalue weighted by Gasteiger charge is -2.28. The number of benzene rings is 1. The number of fused-ring (bicyclic) bond motifs is 1. The van der Waals surface area contributed by atoms with Crippen LogP contribution in [0, 0.1) is 0 Å². The van der Waals surface area contributed by atoms with E-state index in [1.165, 1.54) is 7.11 Å². The minimum Gasteiger partial charge on any atom is -0.497 e. The molecular weight excluding hydrogens is 423 g/mol. The highest BCUT2D eigenvalue weighted by Gasteiger charge is 2.43. The number of amides is 1. The van der Waals surface area contributed by atoms with Gasteiger partial charge in [0.25, 0.3) is 5.91 Å². The molecule has 1 aromatic heterocycles. The number of nitrogens with zero attached hydrogens (tertiary/aromatic N) is 5. The molecule has 0 bridgehead atoms. The lowest BCUT2D eigenvalue weighted by Crippen LogP contribution is -2.39. The van der Waals surface area contributed by atoms with Crippen molar-refractivity contribution in [2.24, 2.45) is 4.99 Å². The van der Waals surface area contributed by atoms with Crippen LogP contribution in [0.3, 0.4) is 0 Å². The Morgan fingerprint density at radius 2 is 1.88 bits per heavy atom. The van der Waals surface area contributed by atoms with Gasteiger partial charge in [-0.15, -0.1) is 0 Å². The molecule has 4 rings (SSSR count). The number of amidine groups is 1. The fourth-order valence-electron chi connectivity index (χ4n) is 4.19. The van der Waals surface area contributed by atoms with Gasteiger partial charge in [-0.25, -0.2) is 4.68 Å². The number of aromatic nitrogens is 2. The third-order valence-corrected chi connectivity index (χ3v) is 5.94. The van der Waals surface area contributed by atoms with Gasteiger partial charge in [0.1, 0.15) is 11.4 Å². The summed E-state index contributed by atoms with van der Waals surface area (Å²) in [6.45, 7) is 2.49. The zero-order valence-electron chi connectivity index (χ0n) is 18.2. The van der Waals surface area contributed by atoms with Crippen LogP contribution in [0.1, 0.15) is 41.0 Å². The number of rotatable bonds is 7. The van der Waals surface area contributed by atoms with Gasteiger partial charge in [-0.2, -0.15) is 18.3 Å². The molecule has 2 aromatic rings. The Kier molecular flexibility index (Phi) is 6.12. The maximum atomic E-state index is 13.6. The second kappa shape index (κ2) is 8.84. The van der Waals surface area contributed by atoms with Gasteiger partial charge in [0, 0.05) is 38.7 Å². The normalized spacial score (nSPS) is 16.4. The van der Waals surface area contributed by atoms with Crippen molar-refractivity contribution in [3.8, 4) is 11.4 Å². The molecule has 172 valence electrons. The van der Waals surface area contributed by atoms with E-state index >= 15 is 0 Å². The van der Waals surface area contributed by atoms with E-state index in [0.717, 1.165) is 42.9 Å². The summed E-state index contributed by atoms with van der Waals surface area (Å²) in [7, 11) is 3.52. The van der Waals surface area contributed by atoms with Gasteiger partial charge >= 0.3 is 6.18 Å². The molecule has 0 N–H and O–H groups in total. The quantitative estimate of drug-likeness (QED) is 0.608. The van der Waals surface area contributed by atoms with Crippen molar-refractivity contribution in [1.29, 1.82) is 0 Å². The molecule has 0 fully saturated rings. The summed E-state index contributed by atoms with van der Waals surface area (Å²) in [4.78, 5) is 21.4. The monoisotopic (exact) mass is 449 g/mol. The standard InChI is InChI=1S/C22H26F3N5O2/c1-28-14-11-26-18(28)5-3-4-12-29-13-10-17-19(21(29)31)30(27-20(17)22(23,24)25)15-6-8-16(32-2)9-7-15/h6-9H,3-5,10-14H2,1-2H3. The van der Waals surface area contributed by atoms with E-state index in [2.05, 4.69) is 15.0 Å². The maximum Gasteiger partial charge on any atom is 0.435 e. The molecule has 7 nitrogen and oxygen atoms in total. The summed E-state index contributed by atoms with van der Waals surface area (Å²) in [6, 6.07) is 6.45. The van der Waals surface area contributed by atoms with Gasteiger partial charge in [-0.1, -0.05) is 0 Å². The predicted molar refractivity (Wildman–Crippen MR) is 114 cm³/mol. The molecule has 2 aliphatic rings. The van der Waals surface area contributed by atoms with Crippen molar-refractivity contribution in [3.63, 3.8) is 0 Å². The van der Waals surface area contributed by atoms with E-state index in [4.69, 9.17) is 4.74 Å². The number of likely N-dealkylation sites (N-methyl/N-ethyl adjacent to an activating group) is 1. The number of unbranched alkanes of at least 4 members (excludes halogenated alkanes) is 1. The van der Waals surface area contributed by atoms with Crippen molar-refractivity contribution in [3.05, 3.63) is 41.2 Å². The molecule has 1 amide bonds. The number of aliphatic imine (C=N–C) groups is 1. The van der Waals surface area contributed by atoms with Crippen molar-refractivity contribution in [2.75, 3.05) is 40.3 Å². The van der Waals surface area contributed by atoms with Crippen LogP contribution in [-0.4, -0.2) is 71.7 Å². The average Bonchev–Trinajstić information content (AvgIpc) is 3.36. The van der Waals surface area contributed by atoms with Gasteiger partial charge in [0.15, 0.2) is 5.69 Å². The summed E-state index contributed by atoms with van der Waals surface area (Å²) in [5.74, 6) is 1.22. The van der Waals surface area contributed by atoms with E-state index in [0.29, 0.717) is 18.0 Å². The number of alkyl halides is 3. The molecule has 3 heterocycles. The molecule has 0 aliphatic carbocycles.